The fourth-order valence-electron chi connectivity index (χ4n) is 3.25. The van der Waals surface area contributed by atoms with Crippen LogP contribution in [0.1, 0.15) is 16.8 Å². The Morgan fingerprint density at radius 1 is 0.538 bits per heavy atom. The number of hydrogen-bond donors (Lipinski definition) is 0. The van der Waals surface area contributed by atoms with Crippen molar-refractivity contribution in [3.8, 4) is 5.82 Å². The van der Waals surface area contributed by atoms with Gasteiger partial charge in [-0.2, -0.15) is 0 Å². The normalized spacial score (nSPS) is 10.6. The lowest BCUT2D eigenvalue weighted by atomic mass is 10.1. The Hall–Kier alpha value is -3.26. The molecule has 126 valence electrons. The number of benzene rings is 2. The Balaban J connectivity index is 1.72. The van der Waals surface area contributed by atoms with Crippen LogP contribution in [-0.2, 0) is 13.0 Å². The molecule has 4 rings (SSSR count). The fourth-order valence-corrected chi connectivity index (χ4v) is 3.25. The lowest BCUT2D eigenvalue weighted by molar-refractivity contribution is -0.790. The summed E-state index contributed by atoms with van der Waals surface area (Å²) in [6, 6.07) is 34.0. The molecule has 0 atom stereocenters. The lowest BCUT2D eigenvalue weighted by Crippen LogP contribution is -2.50. The van der Waals surface area contributed by atoms with Crippen molar-refractivity contribution in [3.05, 3.63) is 126 Å². The van der Waals surface area contributed by atoms with Crippen molar-refractivity contribution in [2.75, 3.05) is 0 Å². The number of hydrogen-bond acceptors (Lipinski definition) is 0. The van der Waals surface area contributed by atoms with Gasteiger partial charge in [0.15, 0.2) is 24.6 Å². The predicted molar refractivity (Wildman–Crippen MR) is 103 cm³/mol. The van der Waals surface area contributed by atoms with Crippen molar-refractivity contribution in [2.45, 2.75) is 13.0 Å². The third-order valence-corrected chi connectivity index (χ3v) is 4.53. The Morgan fingerprint density at radius 3 is 1.92 bits per heavy atom. The predicted octanol–water partition coefficient (Wildman–Crippen LogP) is 3.89. The van der Waals surface area contributed by atoms with E-state index in [2.05, 4.69) is 119 Å². The fraction of sp³-hybridized carbons (Fsp3) is 0.0833. The van der Waals surface area contributed by atoms with Crippen molar-refractivity contribution in [2.24, 2.45) is 0 Å². The second-order valence-electron chi connectivity index (χ2n) is 6.40. The third-order valence-electron chi connectivity index (χ3n) is 4.53. The van der Waals surface area contributed by atoms with E-state index in [1.54, 1.807) is 0 Å². The second-order valence-corrected chi connectivity index (χ2v) is 6.40. The zero-order valence-corrected chi connectivity index (χ0v) is 14.7. The van der Waals surface area contributed by atoms with Crippen molar-refractivity contribution < 1.29 is 9.13 Å². The highest BCUT2D eigenvalue weighted by Crippen LogP contribution is 2.07. The van der Waals surface area contributed by atoms with Gasteiger partial charge in [-0.1, -0.05) is 66.7 Å². The summed E-state index contributed by atoms with van der Waals surface area (Å²) in [4.78, 5) is 0. The van der Waals surface area contributed by atoms with E-state index >= 15 is 0 Å². The Morgan fingerprint density at radius 2 is 1.15 bits per heavy atom. The number of nitrogens with zero attached hydrogens (tertiary/aromatic N) is 2. The van der Waals surface area contributed by atoms with Crippen LogP contribution >= 0.6 is 0 Å². The SMILES string of the molecule is c1ccc(Cc2cccc[n+]2-c2cccc[n+]2Cc2ccccc2)cc1. The molecule has 0 fully saturated rings. The first-order chi connectivity index (χ1) is 12.9. The molecule has 2 heteroatoms. The maximum absolute atomic E-state index is 2.30. The van der Waals surface area contributed by atoms with E-state index in [1.807, 2.05) is 0 Å². The van der Waals surface area contributed by atoms with Gasteiger partial charge in [0.2, 0.25) is 0 Å². The largest absolute Gasteiger partial charge is 0.449 e. The Kier molecular flexibility index (Phi) is 4.83. The van der Waals surface area contributed by atoms with Crippen LogP contribution in [-0.4, -0.2) is 0 Å². The smallest absolute Gasteiger partial charge is 0.138 e. The molecule has 0 amide bonds. The second kappa shape index (κ2) is 7.75. The van der Waals surface area contributed by atoms with Crippen LogP contribution in [0.5, 0.6) is 0 Å². The third kappa shape index (κ3) is 3.70. The summed E-state index contributed by atoms with van der Waals surface area (Å²) in [7, 11) is 0. The monoisotopic (exact) mass is 338 g/mol. The van der Waals surface area contributed by atoms with E-state index in [1.165, 1.54) is 22.6 Å². The molecule has 0 aliphatic heterocycles. The van der Waals surface area contributed by atoms with Gasteiger partial charge in [-0.05, 0) is 11.6 Å². The van der Waals surface area contributed by atoms with Crippen LogP contribution in [0.25, 0.3) is 5.82 Å². The highest BCUT2D eigenvalue weighted by Gasteiger charge is 2.23. The minimum atomic E-state index is 0.851. The summed E-state index contributed by atoms with van der Waals surface area (Å²) in [5.74, 6) is 1.17. The first-order valence-corrected chi connectivity index (χ1v) is 8.96. The van der Waals surface area contributed by atoms with Crippen molar-refractivity contribution in [1.29, 1.82) is 0 Å². The molecule has 0 saturated heterocycles. The van der Waals surface area contributed by atoms with Gasteiger partial charge < -0.3 is 0 Å². The van der Waals surface area contributed by atoms with E-state index in [-0.39, 0.29) is 0 Å². The average molecular weight is 338 g/mol. The van der Waals surface area contributed by atoms with Crippen molar-refractivity contribution in [3.63, 3.8) is 0 Å². The molecule has 0 spiro atoms. The zero-order valence-electron chi connectivity index (χ0n) is 14.7. The van der Waals surface area contributed by atoms with E-state index in [0.29, 0.717) is 0 Å². The average Bonchev–Trinajstić information content (AvgIpc) is 2.71. The summed E-state index contributed by atoms with van der Waals surface area (Å²) >= 11 is 0. The lowest BCUT2D eigenvalue weighted by Gasteiger charge is -2.04. The molecule has 0 aliphatic rings. The summed E-state index contributed by atoms with van der Waals surface area (Å²) in [6.45, 7) is 0.851. The van der Waals surface area contributed by atoms with E-state index in [9.17, 15) is 0 Å². The Bertz CT molecular complexity index is 896. The molecule has 0 radical (unpaired) electrons. The summed E-state index contributed by atoms with van der Waals surface area (Å²) < 4.78 is 4.58. The maximum atomic E-state index is 2.30. The summed E-state index contributed by atoms with van der Waals surface area (Å²) in [5.41, 5.74) is 3.88. The van der Waals surface area contributed by atoms with Gasteiger partial charge in [-0.15, -0.1) is 9.13 Å². The topological polar surface area (TPSA) is 7.76 Å². The molecule has 0 bridgehead atoms. The highest BCUT2D eigenvalue weighted by atomic mass is 15.1. The molecule has 0 unspecified atom stereocenters. The maximum Gasteiger partial charge on any atom is 0.449 e. The van der Waals surface area contributed by atoms with Gasteiger partial charge in [-0.3, -0.25) is 0 Å². The van der Waals surface area contributed by atoms with Gasteiger partial charge in [0, 0.05) is 23.8 Å². The van der Waals surface area contributed by atoms with Gasteiger partial charge in [-0.25, -0.2) is 0 Å². The molecular weight excluding hydrogens is 316 g/mol. The summed E-state index contributed by atoms with van der Waals surface area (Å²) in [5, 5.41) is 0. The van der Waals surface area contributed by atoms with E-state index in [4.69, 9.17) is 0 Å². The summed E-state index contributed by atoms with van der Waals surface area (Å²) in [6.07, 6.45) is 5.20. The number of aromatic nitrogens is 2. The van der Waals surface area contributed by atoms with Crippen LogP contribution in [0.15, 0.2) is 109 Å². The Labute approximate surface area is 154 Å². The van der Waals surface area contributed by atoms with Crippen LogP contribution in [0, 0.1) is 0 Å². The first kappa shape index (κ1) is 16.2. The molecule has 0 N–H and O–H groups in total. The van der Waals surface area contributed by atoms with E-state index in [0.717, 1.165) is 13.0 Å². The van der Waals surface area contributed by atoms with Crippen molar-refractivity contribution in [1.82, 2.24) is 0 Å². The molecule has 26 heavy (non-hydrogen) atoms. The minimum Gasteiger partial charge on any atom is -0.138 e. The van der Waals surface area contributed by atoms with Crippen LogP contribution in [0.2, 0.25) is 0 Å². The molecule has 2 heterocycles. The molecule has 2 aromatic heterocycles. The highest BCUT2D eigenvalue weighted by molar-refractivity contribution is 5.21. The van der Waals surface area contributed by atoms with Crippen LogP contribution in [0.4, 0.5) is 0 Å². The zero-order chi connectivity index (χ0) is 17.6. The standard InChI is InChI=1S/C24H22N2/c1-3-11-21(12-4-1)19-23-15-7-10-18-26(23)24-16-8-9-17-25(24)20-22-13-5-2-6-14-22/h1-18H,19-20H2/q+2. The molecule has 2 nitrogen and oxygen atoms in total. The molecule has 0 aliphatic carbocycles. The molecule has 4 aromatic rings. The molecule has 2 aromatic carbocycles. The number of pyridine rings is 2. The van der Waals surface area contributed by atoms with E-state index < -0.39 is 0 Å². The molecule has 0 saturated carbocycles. The van der Waals surface area contributed by atoms with Crippen LogP contribution < -0.4 is 9.13 Å². The van der Waals surface area contributed by atoms with Crippen LogP contribution in [0.3, 0.4) is 0 Å². The van der Waals surface area contributed by atoms with Gasteiger partial charge >= 0.3 is 5.82 Å². The number of rotatable bonds is 5. The van der Waals surface area contributed by atoms with Gasteiger partial charge in [0.25, 0.3) is 0 Å². The van der Waals surface area contributed by atoms with Crippen molar-refractivity contribution >= 4 is 0 Å². The van der Waals surface area contributed by atoms with Gasteiger partial charge in [0.05, 0.1) is 12.5 Å². The minimum absolute atomic E-state index is 0.851. The first-order valence-electron chi connectivity index (χ1n) is 8.96. The molecular formula is C24H22N2+2. The van der Waals surface area contributed by atoms with Gasteiger partial charge in [0.1, 0.15) is 0 Å². The quantitative estimate of drug-likeness (QED) is 0.488.